The second kappa shape index (κ2) is 4.67. The van der Waals surface area contributed by atoms with Gasteiger partial charge in [-0.3, -0.25) is 4.79 Å². The molecule has 1 aliphatic rings. The number of benzene rings is 2. The van der Waals surface area contributed by atoms with Crippen LogP contribution in [-0.2, 0) is 0 Å². The Morgan fingerprint density at radius 1 is 1.15 bits per heavy atom. The summed E-state index contributed by atoms with van der Waals surface area (Å²) in [7, 11) is 1.65. The van der Waals surface area contributed by atoms with E-state index in [0.29, 0.717) is 0 Å². The minimum atomic E-state index is 0.0609. The van der Waals surface area contributed by atoms with Gasteiger partial charge in [0.1, 0.15) is 5.75 Å². The molecule has 3 nitrogen and oxygen atoms in total. The number of rotatable bonds is 2. The number of methoxy groups -OCH3 is 1. The van der Waals surface area contributed by atoms with Crippen LogP contribution in [0.1, 0.15) is 34.5 Å². The van der Waals surface area contributed by atoms with Gasteiger partial charge in [-0.1, -0.05) is 18.2 Å². The highest BCUT2D eigenvalue weighted by atomic mass is 16.5. The molecule has 3 rings (SSSR count). The Bertz CT molecular complexity index is 678. The molecule has 2 aromatic carbocycles. The molecule has 1 atom stereocenters. The molecule has 0 radical (unpaired) electrons. The highest BCUT2D eigenvalue weighted by Gasteiger charge is 2.35. The monoisotopic (exact) mass is 267 g/mol. The highest BCUT2D eigenvalue weighted by Crippen LogP contribution is 2.39. The van der Waals surface area contributed by atoms with Crippen LogP contribution in [0, 0.1) is 6.92 Å². The summed E-state index contributed by atoms with van der Waals surface area (Å²) in [5.74, 6) is 0.879. The van der Waals surface area contributed by atoms with Crippen molar-refractivity contribution >= 4 is 11.6 Å². The van der Waals surface area contributed by atoms with Crippen LogP contribution in [0.3, 0.4) is 0 Å². The molecule has 0 fully saturated rings. The summed E-state index contributed by atoms with van der Waals surface area (Å²) in [6, 6.07) is 13.7. The molecule has 1 unspecified atom stereocenters. The lowest BCUT2D eigenvalue weighted by Crippen LogP contribution is -2.26. The Morgan fingerprint density at radius 3 is 2.55 bits per heavy atom. The maximum atomic E-state index is 12.6. The maximum absolute atomic E-state index is 12.6. The van der Waals surface area contributed by atoms with Crippen LogP contribution >= 0.6 is 0 Å². The van der Waals surface area contributed by atoms with E-state index in [1.165, 1.54) is 0 Å². The highest BCUT2D eigenvalue weighted by molar-refractivity contribution is 6.11. The van der Waals surface area contributed by atoms with Crippen LogP contribution in [0.5, 0.6) is 5.75 Å². The molecule has 0 aliphatic carbocycles. The third-order valence-electron chi connectivity index (χ3n) is 3.91. The van der Waals surface area contributed by atoms with Crippen LogP contribution in [-0.4, -0.2) is 13.0 Å². The summed E-state index contributed by atoms with van der Waals surface area (Å²) in [4.78, 5) is 14.5. The zero-order chi connectivity index (χ0) is 14.3. The van der Waals surface area contributed by atoms with Crippen molar-refractivity contribution in [1.82, 2.24) is 0 Å². The number of aryl methyl sites for hydroxylation is 1. The fraction of sp³-hybridized carbons (Fsp3) is 0.235. The molecule has 0 aromatic heterocycles. The van der Waals surface area contributed by atoms with E-state index < -0.39 is 0 Å². The number of nitrogens with zero attached hydrogens (tertiary/aromatic N) is 1. The molecule has 2 aromatic rings. The fourth-order valence-electron chi connectivity index (χ4n) is 2.84. The van der Waals surface area contributed by atoms with E-state index >= 15 is 0 Å². The number of anilines is 1. The molecular formula is C17H17NO2. The fourth-order valence-corrected chi connectivity index (χ4v) is 2.84. The van der Waals surface area contributed by atoms with E-state index in [2.05, 4.69) is 6.92 Å². The predicted octanol–water partition coefficient (Wildman–Crippen LogP) is 3.73. The second-order valence-electron chi connectivity index (χ2n) is 5.09. The number of amides is 1. The number of hydrogen-bond donors (Lipinski definition) is 0. The summed E-state index contributed by atoms with van der Waals surface area (Å²) in [6.45, 7) is 4.06. The first-order valence-corrected chi connectivity index (χ1v) is 6.70. The van der Waals surface area contributed by atoms with Gasteiger partial charge in [-0.15, -0.1) is 0 Å². The average Bonchev–Trinajstić information content (AvgIpc) is 2.72. The Labute approximate surface area is 118 Å². The number of fused-ring (bicyclic) bond motifs is 1. The molecule has 1 heterocycles. The molecule has 1 amide bonds. The molecule has 0 saturated heterocycles. The zero-order valence-corrected chi connectivity index (χ0v) is 11.9. The summed E-state index contributed by atoms with van der Waals surface area (Å²) in [5.41, 5.74) is 3.87. The third-order valence-corrected chi connectivity index (χ3v) is 3.91. The minimum Gasteiger partial charge on any atom is -0.497 e. The zero-order valence-electron chi connectivity index (χ0n) is 11.9. The van der Waals surface area contributed by atoms with E-state index in [1.807, 2.05) is 54.3 Å². The Morgan fingerprint density at radius 2 is 1.90 bits per heavy atom. The molecule has 3 heteroatoms. The number of hydrogen-bond acceptors (Lipinski definition) is 2. The van der Waals surface area contributed by atoms with Gasteiger partial charge in [0, 0.05) is 11.3 Å². The summed E-state index contributed by atoms with van der Waals surface area (Å²) in [6.07, 6.45) is 0. The lowest BCUT2D eigenvalue weighted by Gasteiger charge is -2.24. The molecule has 0 bridgehead atoms. The van der Waals surface area contributed by atoms with Crippen LogP contribution in [0.15, 0.2) is 42.5 Å². The first-order chi connectivity index (χ1) is 9.63. The average molecular weight is 267 g/mol. The molecule has 20 heavy (non-hydrogen) atoms. The van der Waals surface area contributed by atoms with Gasteiger partial charge in [-0.2, -0.15) is 0 Å². The van der Waals surface area contributed by atoms with Crippen LogP contribution in [0.4, 0.5) is 5.69 Å². The molecule has 0 spiro atoms. The van der Waals surface area contributed by atoms with E-state index in [9.17, 15) is 4.79 Å². The number of carbonyl (C=O) groups excluding carboxylic acids is 1. The standard InChI is InChI=1S/C17H17NO2/c1-11-10-13(20-3)8-9-16(11)18-12(2)14-6-4-5-7-15(14)17(18)19/h4-10,12H,1-3H3. The van der Waals surface area contributed by atoms with Gasteiger partial charge in [0.15, 0.2) is 0 Å². The van der Waals surface area contributed by atoms with Crippen molar-refractivity contribution in [2.24, 2.45) is 0 Å². The number of ether oxygens (including phenoxy) is 1. The van der Waals surface area contributed by atoms with E-state index in [4.69, 9.17) is 4.74 Å². The lowest BCUT2D eigenvalue weighted by molar-refractivity contribution is 0.0992. The van der Waals surface area contributed by atoms with Gasteiger partial charge < -0.3 is 9.64 Å². The van der Waals surface area contributed by atoms with Crippen molar-refractivity contribution in [3.05, 3.63) is 59.2 Å². The summed E-state index contributed by atoms with van der Waals surface area (Å²) < 4.78 is 5.22. The van der Waals surface area contributed by atoms with Crippen LogP contribution in [0.2, 0.25) is 0 Å². The van der Waals surface area contributed by atoms with Gasteiger partial charge in [-0.25, -0.2) is 0 Å². The second-order valence-corrected chi connectivity index (χ2v) is 5.09. The van der Waals surface area contributed by atoms with Crippen LogP contribution in [0.25, 0.3) is 0 Å². The van der Waals surface area contributed by atoms with E-state index in [1.54, 1.807) is 7.11 Å². The normalized spacial score (nSPS) is 17.2. The quantitative estimate of drug-likeness (QED) is 0.829. The first-order valence-electron chi connectivity index (χ1n) is 6.70. The largest absolute Gasteiger partial charge is 0.497 e. The van der Waals surface area contributed by atoms with Gasteiger partial charge >= 0.3 is 0 Å². The Balaban J connectivity index is 2.07. The molecule has 102 valence electrons. The molecule has 0 N–H and O–H groups in total. The topological polar surface area (TPSA) is 29.5 Å². The molecular weight excluding hydrogens is 250 g/mol. The molecule has 0 saturated carbocycles. The van der Waals surface area contributed by atoms with Crippen molar-refractivity contribution < 1.29 is 9.53 Å². The Hall–Kier alpha value is -2.29. The van der Waals surface area contributed by atoms with E-state index in [0.717, 1.165) is 28.1 Å². The van der Waals surface area contributed by atoms with Crippen LogP contribution < -0.4 is 9.64 Å². The van der Waals surface area contributed by atoms with Crippen molar-refractivity contribution in [3.8, 4) is 5.75 Å². The maximum Gasteiger partial charge on any atom is 0.259 e. The van der Waals surface area contributed by atoms with E-state index in [-0.39, 0.29) is 11.9 Å². The van der Waals surface area contributed by atoms with Gasteiger partial charge in [0.25, 0.3) is 5.91 Å². The van der Waals surface area contributed by atoms with Crippen molar-refractivity contribution in [2.45, 2.75) is 19.9 Å². The van der Waals surface area contributed by atoms with Crippen molar-refractivity contribution in [1.29, 1.82) is 0 Å². The lowest BCUT2D eigenvalue weighted by atomic mass is 10.1. The number of carbonyl (C=O) groups is 1. The van der Waals surface area contributed by atoms with Gasteiger partial charge in [0.2, 0.25) is 0 Å². The Kier molecular flexibility index (Phi) is 2.97. The summed E-state index contributed by atoms with van der Waals surface area (Å²) in [5, 5.41) is 0. The smallest absolute Gasteiger partial charge is 0.259 e. The third kappa shape index (κ3) is 1.78. The SMILES string of the molecule is COc1ccc(N2C(=O)c3ccccc3C2C)c(C)c1. The molecule has 1 aliphatic heterocycles. The van der Waals surface area contributed by atoms with Gasteiger partial charge in [-0.05, 0) is 49.2 Å². The minimum absolute atomic E-state index is 0.0609. The van der Waals surface area contributed by atoms with Crippen molar-refractivity contribution in [3.63, 3.8) is 0 Å². The van der Waals surface area contributed by atoms with Gasteiger partial charge in [0.05, 0.1) is 13.2 Å². The van der Waals surface area contributed by atoms with Crippen molar-refractivity contribution in [2.75, 3.05) is 12.0 Å². The first kappa shape index (κ1) is 12.7. The summed E-state index contributed by atoms with van der Waals surface area (Å²) >= 11 is 0. The predicted molar refractivity (Wildman–Crippen MR) is 79.4 cm³/mol.